The van der Waals surface area contributed by atoms with Crippen molar-refractivity contribution in [2.75, 3.05) is 50.1 Å². The number of amides is 1. The summed E-state index contributed by atoms with van der Waals surface area (Å²) < 4.78 is 26.7. The molecule has 1 aliphatic heterocycles. The summed E-state index contributed by atoms with van der Waals surface area (Å²) in [6.45, 7) is 6.25. The van der Waals surface area contributed by atoms with Crippen molar-refractivity contribution in [1.29, 1.82) is 0 Å². The van der Waals surface area contributed by atoms with Gasteiger partial charge < -0.3 is 25.4 Å². The highest BCUT2D eigenvalue weighted by Gasteiger charge is 2.16. The summed E-state index contributed by atoms with van der Waals surface area (Å²) in [6, 6.07) is 19.1. The Kier molecular flexibility index (Phi) is 10.1. The molecule has 0 saturated carbocycles. The van der Waals surface area contributed by atoms with Crippen molar-refractivity contribution in [3.8, 4) is 5.75 Å². The van der Waals surface area contributed by atoms with Crippen molar-refractivity contribution in [1.82, 2.24) is 10.2 Å². The summed E-state index contributed by atoms with van der Waals surface area (Å²) in [5.41, 5.74) is 2.18. The Morgan fingerprint density at radius 1 is 1.11 bits per heavy atom. The van der Waals surface area contributed by atoms with Crippen LogP contribution in [-0.2, 0) is 4.74 Å². The van der Waals surface area contributed by atoms with Gasteiger partial charge in [0.25, 0.3) is 5.91 Å². The van der Waals surface area contributed by atoms with Crippen LogP contribution in [0.3, 0.4) is 0 Å². The van der Waals surface area contributed by atoms with Crippen LogP contribution in [0.15, 0.2) is 71.2 Å². The Balaban J connectivity index is 1.45. The van der Waals surface area contributed by atoms with Crippen molar-refractivity contribution in [2.45, 2.75) is 13.0 Å². The second-order valence-corrected chi connectivity index (χ2v) is 10.1. The highest BCUT2D eigenvalue weighted by molar-refractivity contribution is 9.10. The average Bonchev–Trinajstić information content (AvgIpc) is 2.91. The molecule has 0 bridgehead atoms. The van der Waals surface area contributed by atoms with Crippen LogP contribution >= 0.6 is 28.1 Å². The van der Waals surface area contributed by atoms with Crippen molar-refractivity contribution in [2.24, 2.45) is 0 Å². The molecule has 0 aromatic heterocycles. The first-order valence-corrected chi connectivity index (χ1v) is 13.5. The molecule has 1 saturated heterocycles. The standard InChI is InChI=1S/C28H30BrFN4O3S/c1-19(20-6-8-21(29)9-7-20)31-28(38)32-22-10-11-25(33-27(35)23-4-2-3-5-24(23)30)26(18-22)37-17-14-34-12-15-36-16-13-34/h2-11,18-19H,12-17H2,1H3,(H,33,35)(H2,31,32,38). The number of benzene rings is 3. The van der Waals surface area contributed by atoms with Gasteiger partial charge in [-0.3, -0.25) is 9.69 Å². The van der Waals surface area contributed by atoms with E-state index in [0.717, 1.165) is 23.1 Å². The SMILES string of the molecule is CC(NC(=S)Nc1ccc(NC(=O)c2ccccc2F)c(OCCN2CCOCC2)c1)c1ccc(Br)cc1. The number of carbonyl (C=O) groups excluding carboxylic acids is 1. The second-order valence-electron chi connectivity index (χ2n) is 8.82. The number of carbonyl (C=O) groups is 1. The third kappa shape index (κ3) is 7.97. The lowest BCUT2D eigenvalue weighted by Crippen LogP contribution is -2.38. The molecular formula is C28H30BrFN4O3S. The monoisotopic (exact) mass is 600 g/mol. The first kappa shape index (κ1) is 28.0. The van der Waals surface area contributed by atoms with Crippen LogP contribution in [0, 0.1) is 5.82 Å². The van der Waals surface area contributed by atoms with Gasteiger partial charge in [-0.1, -0.05) is 40.2 Å². The van der Waals surface area contributed by atoms with Gasteiger partial charge in [-0.2, -0.15) is 0 Å². The number of ether oxygens (including phenoxy) is 2. The van der Waals surface area contributed by atoms with E-state index in [1.165, 1.54) is 12.1 Å². The minimum Gasteiger partial charge on any atom is -0.490 e. The molecule has 200 valence electrons. The minimum absolute atomic E-state index is 0.00771. The molecule has 1 fully saturated rings. The Morgan fingerprint density at radius 2 is 1.84 bits per heavy atom. The fourth-order valence-electron chi connectivity index (χ4n) is 3.97. The van der Waals surface area contributed by atoms with Crippen molar-refractivity contribution in [3.05, 3.63) is 88.1 Å². The lowest BCUT2D eigenvalue weighted by molar-refractivity contribution is 0.0323. The van der Waals surface area contributed by atoms with Crippen LogP contribution in [0.1, 0.15) is 28.9 Å². The van der Waals surface area contributed by atoms with E-state index in [9.17, 15) is 9.18 Å². The predicted octanol–water partition coefficient (Wildman–Crippen LogP) is 5.60. The third-order valence-corrected chi connectivity index (χ3v) is 6.84. The summed E-state index contributed by atoms with van der Waals surface area (Å²) in [4.78, 5) is 15.0. The number of hydrogen-bond acceptors (Lipinski definition) is 5. The zero-order valence-electron chi connectivity index (χ0n) is 21.0. The Bertz CT molecular complexity index is 1260. The smallest absolute Gasteiger partial charge is 0.258 e. The van der Waals surface area contributed by atoms with Gasteiger partial charge in [-0.25, -0.2) is 4.39 Å². The first-order chi connectivity index (χ1) is 18.4. The fraction of sp³-hybridized carbons (Fsp3) is 0.286. The van der Waals surface area contributed by atoms with E-state index in [1.807, 2.05) is 31.2 Å². The number of morpholine rings is 1. The molecule has 1 atom stereocenters. The summed E-state index contributed by atoms with van der Waals surface area (Å²) in [5, 5.41) is 9.69. The Labute approximate surface area is 235 Å². The van der Waals surface area contributed by atoms with Gasteiger partial charge in [0.1, 0.15) is 18.2 Å². The van der Waals surface area contributed by atoms with E-state index in [-0.39, 0.29) is 11.6 Å². The summed E-state index contributed by atoms with van der Waals surface area (Å²) in [6.07, 6.45) is 0. The average molecular weight is 602 g/mol. The lowest BCUT2D eigenvalue weighted by Gasteiger charge is -2.26. The van der Waals surface area contributed by atoms with Crippen molar-refractivity contribution in [3.63, 3.8) is 0 Å². The van der Waals surface area contributed by atoms with Gasteiger partial charge in [0.2, 0.25) is 0 Å². The Hall–Kier alpha value is -3.05. The van der Waals surface area contributed by atoms with E-state index in [2.05, 4.69) is 36.8 Å². The number of anilines is 2. The molecule has 3 aromatic carbocycles. The lowest BCUT2D eigenvalue weighted by atomic mass is 10.1. The zero-order chi connectivity index (χ0) is 26.9. The molecule has 0 aliphatic carbocycles. The van der Waals surface area contributed by atoms with Crippen LogP contribution in [0.4, 0.5) is 15.8 Å². The van der Waals surface area contributed by atoms with E-state index in [1.54, 1.807) is 30.3 Å². The molecule has 1 amide bonds. The second kappa shape index (κ2) is 13.7. The summed E-state index contributed by atoms with van der Waals surface area (Å²) in [5.74, 6) is -0.687. The van der Waals surface area contributed by atoms with E-state index >= 15 is 0 Å². The van der Waals surface area contributed by atoms with E-state index in [4.69, 9.17) is 21.7 Å². The highest BCUT2D eigenvalue weighted by Crippen LogP contribution is 2.29. The van der Waals surface area contributed by atoms with Crippen LogP contribution in [0.2, 0.25) is 0 Å². The normalized spacial score (nSPS) is 14.4. The number of halogens is 2. The molecule has 7 nitrogen and oxygen atoms in total. The summed E-state index contributed by atoms with van der Waals surface area (Å²) in [7, 11) is 0. The molecule has 0 radical (unpaired) electrons. The molecule has 1 aliphatic rings. The maximum absolute atomic E-state index is 14.2. The molecule has 10 heteroatoms. The first-order valence-electron chi connectivity index (χ1n) is 12.3. The maximum Gasteiger partial charge on any atom is 0.258 e. The van der Waals surface area contributed by atoms with Gasteiger partial charge in [-0.15, -0.1) is 0 Å². The maximum atomic E-state index is 14.2. The van der Waals surface area contributed by atoms with Gasteiger partial charge >= 0.3 is 0 Å². The van der Waals surface area contributed by atoms with E-state index in [0.29, 0.717) is 48.6 Å². The van der Waals surface area contributed by atoms with Gasteiger partial charge in [0, 0.05) is 35.9 Å². The number of rotatable bonds is 9. The topological polar surface area (TPSA) is 74.9 Å². The van der Waals surface area contributed by atoms with Gasteiger partial charge in [0.05, 0.1) is 30.5 Å². The summed E-state index contributed by atoms with van der Waals surface area (Å²) >= 11 is 8.98. The number of hydrogen-bond donors (Lipinski definition) is 3. The number of nitrogens with one attached hydrogen (secondary N) is 3. The van der Waals surface area contributed by atoms with Crippen molar-refractivity contribution < 1.29 is 18.7 Å². The third-order valence-electron chi connectivity index (χ3n) is 6.09. The van der Waals surface area contributed by atoms with E-state index < -0.39 is 11.7 Å². The molecule has 38 heavy (non-hydrogen) atoms. The molecular weight excluding hydrogens is 571 g/mol. The number of nitrogens with zero attached hydrogens (tertiary/aromatic N) is 1. The van der Waals surface area contributed by atoms with Crippen LogP contribution in [-0.4, -0.2) is 55.4 Å². The largest absolute Gasteiger partial charge is 0.490 e. The predicted molar refractivity (Wildman–Crippen MR) is 155 cm³/mol. The quantitative estimate of drug-likeness (QED) is 0.276. The molecule has 4 rings (SSSR count). The highest BCUT2D eigenvalue weighted by atomic mass is 79.9. The van der Waals surface area contributed by atoms with Crippen LogP contribution in [0.25, 0.3) is 0 Å². The fourth-order valence-corrected chi connectivity index (χ4v) is 4.52. The van der Waals surface area contributed by atoms with Gasteiger partial charge in [-0.05, 0) is 61.1 Å². The van der Waals surface area contributed by atoms with Crippen LogP contribution < -0.4 is 20.7 Å². The minimum atomic E-state index is -0.589. The molecule has 3 aromatic rings. The molecule has 0 spiro atoms. The van der Waals surface area contributed by atoms with Gasteiger partial charge in [0.15, 0.2) is 5.11 Å². The molecule has 1 unspecified atom stereocenters. The Morgan fingerprint density at radius 3 is 2.58 bits per heavy atom. The zero-order valence-corrected chi connectivity index (χ0v) is 23.4. The molecule has 3 N–H and O–H groups in total. The van der Waals surface area contributed by atoms with Crippen molar-refractivity contribution >= 4 is 50.5 Å². The molecule has 1 heterocycles. The number of thiocarbonyl (C=S) groups is 1. The van der Waals surface area contributed by atoms with Crippen LogP contribution in [0.5, 0.6) is 5.75 Å².